The van der Waals surface area contributed by atoms with Gasteiger partial charge in [-0.25, -0.2) is 4.68 Å². The standard InChI is InChI=1S/C18H20N4O2/c1-3-15-13-10-12(14-11-19-21(2)18(14)23)7-8-16(13)22(20-15)17-6-4-5-9-24-17/h3,7-8,10-11,17,19H,1,4-6,9H2,2H3. The van der Waals surface area contributed by atoms with Gasteiger partial charge in [0.15, 0.2) is 6.23 Å². The van der Waals surface area contributed by atoms with Crippen LogP contribution in [0.5, 0.6) is 0 Å². The number of aromatic amines is 1. The first-order valence-electron chi connectivity index (χ1n) is 8.20. The summed E-state index contributed by atoms with van der Waals surface area (Å²) < 4.78 is 9.29. The molecule has 3 aromatic rings. The van der Waals surface area contributed by atoms with Crippen LogP contribution in [-0.4, -0.2) is 26.2 Å². The predicted molar refractivity (Wildman–Crippen MR) is 93.7 cm³/mol. The van der Waals surface area contributed by atoms with Crippen molar-refractivity contribution in [1.82, 2.24) is 19.6 Å². The number of nitrogens with one attached hydrogen (secondary N) is 1. The van der Waals surface area contributed by atoms with Gasteiger partial charge < -0.3 is 9.84 Å². The normalized spacial score (nSPS) is 18.1. The number of hydrogen-bond donors (Lipinski definition) is 1. The highest BCUT2D eigenvalue weighted by Crippen LogP contribution is 2.30. The van der Waals surface area contributed by atoms with E-state index in [1.54, 1.807) is 19.3 Å². The summed E-state index contributed by atoms with van der Waals surface area (Å²) >= 11 is 0. The van der Waals surface area contributed by atoms with Gasteiger partial charge in [-0.15, -0.1) is 0 Å². The molecule has 124 valence electrons. The van der Waals surface area contributed by atoms with Crippen molar-refractivity contribution in [2.45, 2.75) is 25.5 Å². The number of hydrogen-bond acceptors (Lipinski definition) is 3. The molecule has 24 heavy (non-hydrogen) atoms. The number of fused-ring (bicyclic) bond motifs is 1. The highest BCUT2D eigenvalue weighted by molar-refractivity contribution is 5.90. The largest absolute Gasteiger partial charge is 0.356 e. The van der Waals surface area contributed by atoms with Gasteiger partial charge in [0, 0.05) is 25.2 Å². The molecule has 3 heterocycles. The minimum absolute atomic E-state index is 0.0269. The van der Waals surface area contributed by atoms with Crippen molar-refractivity contribution in [2.75, 3.05) is 6.61 Å². The van der Waals surface area contributed by atoms with Crippen LogP contribution < -0.4 is 5.56 Å². The zero-order valence-corrected chi connectivity index (χ0v) is 13.7. The number of H-pyrrole nitrogens is 1. The number of nitrogens with zero attached hydrogens (tertiary/aromatic N) is 3. The first-order valence-corrected chi connectivity index (χ1v) is 8.20. The second-order valence-corrected chi connectivity index (χ2v) is 6.14. The Morgan fingerprint density at radius 3 is 2.96 bits per heavy atom. The third-order valence-electron chi connectivity index (χ3n) is 4.61. The molecule has 0 saturated carbocycles. The molecule has 6 nitrogen and oxygen atoms in total. The molecule has 6 heteroatoms. The Kier molecular flexibility index (Phi) is 3.61. The van der Waals surface area contributed by atoms with Crippen LogP contribution in [0.25, 0.3) is 28.1 Å². The molecule has 0 radical (unpaired) electrons. The molecular weight excluding hydrogens is 304 g/mol. The van der Waals surface area contributed by atoms with Gasteiger partial charge in [-0.3, -0.25) is 9.48 Å². The van der Waals surface area contributed by atoms with Gasteiger partial charge in [-0.1, -0.05) is 12.6 Å². The molecule has 1 aliphatic rings. The van der Waals surface area contributed by atoms with Crippen LogP contribution in [0.15, 0.2) is 35.8 Å². The summed E-state index contributed by atoms with van der Waals surface area (Å²) in [6.07, 6.45) is 6.67. The molecule has 1 aromatic carbocycles. The Hall–Kier alpha value is -2.60. The average Bonchev–Trinajstić information content (AvgIpc) is 3.16. The number of benzene rings is 1. The lowest BCUT2D eigenvalue weighted by molar-refractivity contribution is -0.0367. The fraction of sp³-hybridized carbons (Fsp3) is 0.333. The Bertz CT molecular complexity index is 957. The van der Waals surface area contributed by atoms with Gasteiger partial charge in [0.1, 0.15) is 0 Å². The summed E-state index contributed by atoms with van der Waals surface area (Å²) in [7, 11) is 1.71. The second-order valence-electron chi connectivity index (χ2n) is 6.14. The van der Waals surface area contributed by atoms with Gasteiger partial charge in [0.2, 0.25) is 0 Å². The summed E-state index contributed by atoms with van der Waals surface area (Å²) in [4.78, 5) is 12.2. The lowest BCUT2D eigenvalue weighted by Crippen LogP contribution is -2.19. The lowest BCUT2D eigenvalue weighted by Gasteiger charge is -2.23. The van der Waals surface area contributed by atoms with Crippen molar-refractivity contribution < 1.29 is 4.74 Å². The van der Waals surface area contributed by atoms with E-state index in [0.717, 1.165) is 48.0 Å². The van der Waals surface area contributed by atoms with E-state index in [9.17, 15) is 4.79 Å². The fourth-order valence-corrected chi connectivity index (χ4v) is 3.29. The zero-order valence-electron chi connectivity index (χ0n) is 13.7. The third-order valence-corrected chi connectivity index (χ3v) is 4.61. The maximum atomic E-state index is 12.2. The number of aryl methyl sites for hydroxylation is 1. The molecular formula is C18H20N4O2. The van der Waals surface area contributed by atoms with E-state index in [2.05, 4.69) is 16.8 Å². The Morgan fingerprint density at radius 2 is 2.29 bits per heavy atom. The van der Waals surface area contributed by atoms with E-state index in [4.69, 9.17) is 4.74 Å². The van der Waals surface area contributed by atoms with Gasteiger partial charge in [0.25, 0.3) is 5.56 Å². The van der Waals surface area contributed by atoms with E-state index in [0.29, 0.717) is 5.56 Å². The van der Waals surface area contributed by atoms with Gasteiger partial charge >= 0.3 is 0 Å². The minimum Gasteiger partial charge on any atom is -0.356 e. The molecule has 1 atom stereocenters. The lowest BCUT2D eigenvalue weighted by atomic mass is 10.1. The van der Waals surface area contributed by atoms with Crippen molar-refractivity contribution >= 4 is 17.0 Å². The van der Waals surface area contributed by atoms with E-state index in [-0.39, 0.29) is 11.8 Å². The van der Waals surface area contributed by atoms with Crippen LogP contribution in [0.2, 0.25) is 0 Å². The quantitative estimate of drug-likeness (QED) is 0.805. The molecule has 1 aliphatic heterocycles. The van der Waals surface area contributed by atoms with Crippen molar-refractivity contribution in [1.29, 1.82) is 0 Å². The van der Waals surface area contributed by atoms with Crippen LogP contribution >= 0.6 is 0 Å². The first-order chi connectivity index (χ1) is 11.7. The topological polar surface area (TPSA) is 64.8 Å². The second kappa shape index (κ2) is 5.79. The predicted octanol–water partition coefficient (Wildman–Crippen LogP) is 3.07. The number of ether oxygens (including phenoxy) is 1. The molecule has 2 aromatic heterocycles. The van der Waals surface area contributed by atoms with Crippen LogP contribution in [0, 0.1) is 0 Å². The number of aromatic nitrogens is 4. The van der Waals surface area contributed by atoms with Gasteiger partial charge in [-0.05, 0) is 43.0 Å². The highest BCUT2D eigenvalue weighted by atomic mass is 16.5. The number of rotatable bonds is 3. The molecule has 0 bridgehead atoms. The zero-order chi connectivity index (χ0) is 16.7. The summed E-state index contributed by atoms with van der Waals surface area (Å²) in [5, 5.41) is 8.57. The first kappa shape index (κ1) is 15.0. The van der Waals surface area contributed by atoms with Gasteiger partial charge in [-0.2, -0.15) is 5.10 Å². The van der Waals surface area contributed by atoms with Gasteiger partial charge in [0.05, 0.1) is 16.8 Å². The monoisotopic (exact) mass is 324 g/mol. The molecule has 1 N–H and O–H groups in total. The third kappa shape index (κ3) is 2.30. The SMILES string of the molecule is C=Cc1nn(C2CCCCO2)c2ccc(-c3c[nH]n(C)c3=O)cc12. The summed E-state index contributed by atoms with van der Waals surface area (Å²) in [5.74, 6) is 0. The molecule has 1 fully saturated rings. The Balaban J connectivity index is 1.86. The van der Waals surface area contributed by atoms with E-state index in [1.165, 1.54) is 4.68 Å². The highest BCUT2D eigenvalue weighted by Gasteiger charge is 2.21. The molecule has 1 saturated heterocycles. The van der Waals surface area contributed by atoms with Crippen molar-refractivity contribution in [2.24, 2.45) is 7.05 Å². The fourth-order valence-electron chi connectivity index (χ4n) is 3.29. The summed E-state index contributed by atoms with van der Waals surface area (Å²) in [5.41, 5.74) is 3.30. The minimum atomic E-state index is -0.0440. The Labute approximate surface area is 139 Å². The summed E-state index contributed by atoms with van der Waals surface area (Å²) in [6.45, 7) is 4.65. The van der Waals surface area contributed by atoms with Crippen molar-refractivity contribution in [3.63, 3.8) is 0 Å². The van der Waals surface area contributed by atoms with E-state index < -0.39 is 0 Å². The molecule has 0 aliphatic carbocycles. The van der Waals surface area contributed by atoms with Crippen LogP contribution in [0.4, 0.5) is 0 Å². The smallest absolute Gasteiger partial charge is 0.274 e. The average molecular weight is 324 g/mol. The molecule has 0 amide bonds. The maximum Gasteiger partial charge on any atom is 0.274 e. The van der Waals surface area contributed by atoms with Crippen molar-refractivity contribution in [3.05, 3.63) is 47.0 Å². The molecule has 4 rings (SSSR count). The van der Waals surface area contributed by atoms with E-state index >= 15 is 0 Å². The van der Waals surface area contributed by atoms with Crippen LogP contribution in [0.3, 0.4) is 0 Å². The Morgan fingerprint density at radius 1 is 1.42 bits per heavy atom. The summed E-state index contributed by atoms with van der Waals surface area (Å²) in [6, 6.07) is 5.97. The van der Waals surface area contributed by atoms with Crippen LogP contribution in [-0.2, 0) is 11.8 Å². The van der Waals surface area contributed by atoms with E-state index in [1.807, 2.05) is 22.9 Å². The molecule has 1 unspecified atom stereocenters. The van der Waals surface area contributed by atoms with Crippen LogP contribution in [0.1, 0.15) is 31.2 Å². The maximum absolute atomic E-state index is 12.2. The van der Waals surface area contributed by atoms with Crippen molar-refractivity contribution in [3.8, 4) is 11.1 Å². The molecule has 0 spiro atoms.